The largest absolute Gasteiger partial charge is 0.333 e. The molecule has 98 valence electrons. The summed E-state index contributed by atoms with van der Waals surface area (Å²) in [6, 6.07) is 14.9. The van der Waals surface area contributed by atoms with Gasteiger partial charge in [-0.25, -0.2) is 9.18 Å². The van der Waals surface area contributed by atoms with E-state index in [1.807, 2.05) is 30.3 Å². The zero-order valence-electron chi connectivity index (χ0n) is 10.2. The molecule has 2 amide bonds. The van der Waals surface area contributed by atoms with Crippen molar-refractivity contribution in [2.75, 3.05) is 5.43 Å². The van der Waals surface area contributed by atoms with Crippen LogP contribution in [0.1, 0.15) is 5.56 Å². The summed E-state index contributed by atoms with van der Waals surface area (Å²) < 4.78 is 12.7. The van der Waals surface area contributed by atoms with Gasteiger partial charge >= 0.3 is 6.03 Å². The van der Waals surface area contributed by atoms with Crippen LogP contribution in [0, 0.1) is 5.82 Å². The molecule has 19 heavy (non-hydrogen) atoms. The third-order valence-corrected chi connectivity index (χ3v) is 2.46. The molecule has 0 radical (unpaired) electrons. The Hall–Kier alpha value is -2.56. The number of halogens is 1. The van der Waals surface area contributed by atoms with E-state index in [1.54, 1.807) is 0 Å². The Labute approximate surface area is 110 Å². The number of hydrazine groups is 1. The molecule has 2 aromatic rings. The average Bonchev–Trinajstić information content (AvgIpc) is 2.45. The highest BCUT2D eigenvalue weighted by Crippen LogP contribution is 2.06. The number of anilines is 1. The summed E-state index contributed by atoms with van der Waals surface area (Å²) in [5.41, 5.74) is 6.77. The van der Waals surface area contributed by atoms with E-state index in [1.165, 1.54) is 24.3 Å². The summed E-state index contributed by atoms with van der Waals surface area (Å²) in [6.45, 7) is 0.442. The maximum absolute atomic E-state index is 12.7. The van der Waals surface area contributed by atoms with Crippen LogP contribution in [0.2, 0.25) is 0 Å². The fourth-order valence-electron chi connectivity index (χ4n) is 1.48. The number of nitrogens with one attached hydrogen (secondary N) is 3. The third-order valence-electron chi connectivity index (χ3n) is 2.46. The van der Waals surface area contributed by atoms with Crippen molar-refractivity contribution in [1.29, 1.82) is 0 Å². The Morgan fingerprint density at radius 3 is 2.37 bits per heavy atom. The molecule has 0 aliphatic heterocycles. The van der Waals surface area contributed by atoms with E-state index in [4.69, 9.17) is 0 Å². The highest BCUT2D eigenvalue weighted by molar-refractivity contribution is 5.75. The lowest BCUT2D eigenvalue weighted by atomic mass is 10.2. The molecule has 2 rings (SSSR count). The Bertz CT molecular complexity index is 528. The molecule has 0 heterocycles. The first-order chi connectivity index (χ1) is 9.24. The van der Waals surface area contributed by atoms with Crippen LogP contribution >= 0.6 is 0 Å². The highest BCUT2D eigenvalue weighted by Gasteiger charge is 1.99. The molecule has 5 heteroatoms. The van der Waals surface area contributed by atoms with Crippen molar-refractivity contribution in [3.63, 3.8) is 0 Å². The van der Waals surface area contributed by atoms with Gasteiger partial charge in [0.2, 0.25) is 0 Å². The summed E-state index contributed by atoms with van der Waals surface area (Å²) in [5, 5.41) is 2.69. The van der Waals surface area contributed by atoms with Crippen molar-refractivity contribution >= 4 is 11.7 Å². The molecule has 0 atom stereocenters. The van der Waals surface area contributed by atoms with Gasteiger partial charge in [0.1, 0.15) is 5.82 Å². The second-order valence-electron chi connectivity index (χ2n) is 3.93. The molecule has 2 aromatic carbocycles. The molecule has 0 saturated carbocycles. The minimum absolute atomic E-state index is 0.320. The molecule has 0 spiro atoms. The molecule has 3 N–H and O–H groups in total. The minimum Gasteiger partial charge on any atom is -0.333 e. The molecule has 0 unspecified atom stereocenters. The van der Waals surface area contributed by atoms with E-state index >= 15 is 0 Å². The zero-order valence-corrected chi connectivity index (χ0v) is 10.2. The van der Waals surface area contributed by atoms with Crippen LogP contribution in [0.5, 0.6) is 0 Å². The lowest BCUT2D eigenvalue weighted by Gasteiger charge is -2.09. The van der Waals surface area contributed by atoms with Crippen molar-refractivity contribution in [3.05, 3.63) is 66.0 Å². The first kappa shape index (κ1) is 12.9. The maximum Gasteiger partial charge on any atom is 0.333 e. The normalized spacial score (nSPS) is 9.74. The number of urea groups is 1. The van der Waals surface area contributed by atoms with E-state index in [2.05, 4.69) is 16.2 Å². The summed E-state index contributed by atoms with van der Waals surface area (Å²) >= 11 is 0. The van der Waals surface area contributed by atoms with Gasteiger partial charge in [0.15, 0.2) is 0 Å². The number of carbonyl (C=O) groups is 1. The van der Waals surface area contributed by atoms with Gasteiger partial charge in [0.05, 0.1) is 5.69 Å². The molecular weight excluding hydrogens is 245 g/mol. The third kappa shape index (κ3) is 4.31. The van der Waals surface area contributed by atoms with E-state index in [0.29, 0.717) is 12.2 Å². The minimum atomic E-state index is -0.354. The van der Waals surface area contributed by atoms with Crippen molar-refractivity contribution in [2.45, 2.75) is 6.54 Å². The number of rotatable bonds is 4. The highest BCUT2D eigenvalue weighted by atomic mass is 19.1. The van der Waals surface area contributed by atoms with Crippen LogP contribution in [0.3, 0.4) is 0 Å². The predicted molar refractivity (Wildman–Crippen MR) is 71.8 cm³/mol. The van der Waals surface area contributed by atoms with Gasteiger partial charge in [-0.2, -0.15) is 0 Å². The van der Waals surface area contributed by atoms with Gasteiger partial charge in [-0.1, -0.05) is 30.3 Å². The SMILES string of the molecule is O=C(NCc1ccccc1)NNc1ccc(F)cc1. The van der Waals surface area contributed by atoms with E-state index < -0.39 is 0 Å². The summed E-state index contributed by atoms with van der Waals surface area (Å²) in [7, 11) is 0. The number of benzene rings is 2. The molecule has 0 aromatic heterocycles. The van der Waals surface area contributed by atoms with E-state index in [9.17, 15) is 9.18 Å². The Morgan fingerprint density at radius 1 is 1.00 bits per heavy atom. The smallest absolute Gasteiger partial charge is 0.333 e. The molecule has 0 saturated heterocycles. The molecule has 0 bridgehead atoms. The van der Waals surface area contributed by atoms with Crippen LogP contribution in [0.15, 0.2) is 54.6 Å². The molecule has 0 aliphatic rings. The van der Waals surface area contributed by atoms with Crippen LogP contribution in [0.25, 0.3) is 0 Å². The fourth-order valence-corrected chi connectivity index (χ4v) is 1.48. The number of amides is 2. The van der Waals surface area contributed by atoms with E-state index in [0.717, 1.165) is 5.56 Å². The van der Waals surface area contributed by atoms with Crippen molar-refractivity contribution in [1.82, 2.24) is 10.7 Å². The van der Waals surface area contributed by atoms with Crippen LogP contribution in [0.4, 0.5) is 14.9 Å². The first-order valence-electron chi connectivity index (χ1n) is 5.83. The van der Waals surface area contributed by atoms with E-state index in [-0.39, 0.29) is 11.8 Å². The monoisotopic (exact) mass is 259 g/mol. The average molecular weight is 259 g/mol. The van der Waals surface area contributed by atoms with Gasteiger partial charge in [0.25, 0.3) is 0 Å². The van der Waals surface area contributed by atoms with Crippen LogP contribution in [-0.2, 0) is 6.54 Å². The quantitative estimate of drug-likeness (QED) is 0.739. The molecule has 0 aliphatic carbocycles. The summed E-state index contributed by atoms with van der Waals surface area (Å²) in [4.78, 5) is 11.5. The lowest BCUT2D eigenvalue weighted by Crippen LogP contribution is -2.38. The molecule has 0 fully saturated rings. The van der Waals surface area contributed by atoms with Gasteiger partial charge in [-0.05, 0) is 29.8 Å². The Balaban J connectivity index is 1.74. The Kier molecular flexibility index (Phi) is 4.34. The summed E-state index contributed by atoms with van der Waals surface area (Å²) in [6.07, 6.45) is 0. The van der Waals surface area contributed by atoms with Crippen molar-refractivity contribution in [3.8, 4) is 0 Å². The van der Waals surface area contributed by atoms with Gasteiger partial charge in [-0.15, -0.1) is 0 Å². The predicted octanol–water partition coefficient (Wildman–Crippen LogP) is 2.65. The standard InChI is InChI=1S/C14H14FN3O/c15-12-6-8-13(9-7-12)17-18-14(19)16-10-11-4-2-1-3-5-11/h1-9,17H,10H2,(H2,16,18,19). The van der Waals surface area contributed by atoms with Crippen molar-refractivity contribution in [2.24, 2.45) is 0 Å². The molecular formula is C14H14FN3O. The number of hydrogen-bond donors (Lipinski definition) is 3. The van der Waals surface area contributed by atoms with Crippen LogP contribution < -0.4 is 16.2 Å². The Morgan fingerprint density at radius 2 is 1.68 bits per heavy atom. The second-order valence-corrected chi connectivity index (χ2v) is 3.93. The van der Waals surface area contributed by atoms with Gasteiger partial charge in [-0.3, -0.25) is 10.9 Å². The maximum atomic E-state index is 12.7. The van der Waals surface area contributed by atoms with Crippen molar-refractivity contribution < 1.29 is 9.18 Å². The lowest BCUT2D eigenvalue weighted by molar-refractivity contribution is 0.242. The fraction of sp³-hybridized carbons (Fsp3) is 0.0714. The summed E-state index contributed by atoms with van der Waals surface area (Å²) in [5.74, 6) is -0.320. The first-order valence-corrected chi connectivity index (χ1v) is 5.83. The topological polar surface area (TPSA) is 53.2 Å². The zero-order chi connectivity index (χ0) is 13.5. The van der Waals surface area contributed by atoms with Gasteiger partial charge in [0, 0.05) is 6.54 Å². The number of carbonyl (C=O) groups excluding carboxylic acids is 1. The van der Waals surface area contributed by atoms with Gasteiger partial charge < -0.3 is 5.32 Å². The van der Waals surface area contributed by atoms with Crippen LogP contribution in [-0.4, -0.2) is 6.03 Å². The second kappa shape index (κ2) is 6.39. The number of hydrogen-bond acceptors (Lipinski definition) is 2. The molecule has 4 nitrogen and oxygen atoms in total.